The predicted molar refractivity (Wildman–Crippen MR) is 81.0 cm³/mol. The molecule has 0 atom stereocenters. The van der Waals surface area contributed by atoms with Crippen molar-refractivity contribution in [2.75, 3.05) is 7.11 Å². The summed E-state index contributed by atoms with van der Waals surface area (Å²) in [4.78, 5) is 15.9. The van der Waals surface area contributed by atoms with Crippen LogP contribution in [0.5, 0.6) is 5.75 Å². The number of hydrogen-bond acceptors (Lipinski definition) is 3. The van der Waals surface area contributed by atoms with Crippen LogP contribution in [0.1, 0.15) is 5.56 Å². The van der Waals surface area contributed by atoms with E-state index in [1.54, 1.807) is 17.9 Å². The molecule has 1 aromatic carbocycles. The van der Waals surface area contributed by atoms with Gasteiger partial charge in [-0.15, -0.1) is 0 Å². The first-order valence-electron chi connectivity index (χ1n) is 5.15. The lowest BCUT2D eigenvalue weighted by Gasteiger charge is -2.07. The van der Waals surface area contributed by atoms with E-state index in [0.29, 0.717) is 14.8 Å². The van der Waals surface area contributed by atoms with Crippen molar-refractivity contribution in [3.63, 3.8) is 0 Å². The van der Waals surface area contributed by atoms with Gasteiger partial charge >= 0.3 is 0 Å². The third kappa shape index (κ3) is 3.11. The number of rotatable bonds is 3. The molecule has 0 spiro atoms. The van der Waals surface area contributed by atoms with Gasteiger partial charge in [0.15, 0.2) is 3.70 Å². The summed E-state index contributed by atoms with van der Waals surface area (Å²) in [6, 6.07) is 7.63. The van der Waals surface area contributed by atoms with E-state index in [1.165, 1.54) is 0 Å². The van der Waals surface area contributed by atoms with Crippen molar-refractivity contribution in [2.24, 2.45) is 0 Å². The molecule has 0 saturated heterocycles. The Morgan fingerprint density at radius 1 is 1.39 bits per heavy atom. The Labute approximate surface area is 126 Å². The van der Waals surface area contributed by atoms with Crippen LogP contribution < -0.4 is 10.3 Å². The second-order valence-electron chi connectivity index (χ2n) is 3.64. The zero-order valence-electron chi connectivity index (χ0n) is 9.56. The van der Waals surface area contributed by atoms with E-state index in [4.69, 9.17) is 4.74 Å². The zero-order chi connectivity index (χ0) is 13.1. The first-order valence-corrected chi connectivity index (χ1v) is 7.03. The Bertz CT molecular complexity index is 610. The number of nitrogens with zero attached hydrogens (tertiary/aromatic N) is 2. The first kappa shape index (κ1) is 13.5. The summed E-state index contributed by atoms with van der Waals surface area (Å²) < 4.78 is 7.83. The number of benzene rings is 1. The molecule has 0 N–H and O–H groups in total. The molecule has 0 amide bonds. The van der Waals surface area contributed by atoms with E-state index in [1.807, 2.05) is 46.9 Å². The zero-order valence-corrected chi connectivity index (χ0v) is 13.3. The number of aromatic nitrogens is 2. The first-order chi connectivity index (χ1) is 8.60. The molecule has 0 aliphatic heterocycles. The lowest BCUT2D eigenvalue weighted by atomic mass is 10.2. The highest BCUT2D eigenvalue weighted by atomic mass is 127. The molecular weight excluding hydrogens is 411 g/mol. The van der Waals surface area contributed by atoms with Crippen molar-refractivity contribution in [3.05, 3.63) is 54.7 Å². The van der Waals surface area contributed by atoms with Gasteiger partial charge in [-0.05, 0) is 56.2 Å². The smallest absolute Gasteiger partial charge is 0.283 e. The molecule has 0 saturated carbocycles. The van der Waals surface area contributed by atoms with Gasteiger partial charge in [-0.2, -0.15) is 0 Å². The lowest BCUT2D eigenvalue weighted by molar-refractivity contribution is 0.414. The van der Waals surface area contributed by atoms with Gasteiger partial charge in [-0.25, -0.2) is 4.98 Å². The highest BCUT2D eigenvalue weighted by Gasteiger charge is 2.05. The van der Waals surface area contributed by atoms with Gasteiger partial charge in [-0.1, -0.05) is 12.1 Å². The van der Waals surface area contributed by atoms with Crippen LogP contribution in [0.25, 0.3) is 0 Å². The minimum absolute atomic E-state index is 0.0883. The molecule has 0 bridgehead atoms. The van der Waals surface area contributed by atoms with Crippen molar-refractivity contribution in [1.82, 2.24) is 9.55 Å². The summed E-state index contributed by atoms with van der Waals surface area (Å²) in [5.41, 5.74) is 0.946. The van der Waals surface area contributed by atoms with Gasteiger partial charge < -0.3 is 9.30 Å². The van der Waals surface area contributed by atoms with Gasteiger partial charge in [0, 0.05) is 6.20 Å². The monoisotopic (exact) mass is 420 g/mol. The molecule has 1 heterocycles. The van der Waals surface area contributed by atoms with E-state index in [9.17, 15) is 4.79 Å². The van der Waals surface area contributed by atoms with Gasteiger partial charge in [-0.3, -0.25) is 4.79 Å². The molecule has 0 unspecified atom stereocenters. The highest BCUT2D eigenvalue weighted by molar-refractivity contribution is 14.1. The quantitative estimate of drug-likeness (QED) is 0.717. The Morgan fingerprint density at radius 3 is 2.67 bits per heavy atom. The Kier molecular flexibility index (Phi) is 4.39. The van der Waals surface area contributed by atoms with Crippen LogP contribution in [-0.2, 0) is 6.54 Å². The summed E-state index contributed by atoms with van der Waals surface area (Å²) in [6.07, 6.45) is 1.69. The summed E-state index contributed by atoms with van der Waals surface area (Å²) in [5.74, 6) is 0.802. The average molecular weight is 421 g/mol. The predicted octanol–water partition coefficient (Wildman–Crippen LogP) is 2.67. The highest BCUT2D eigenvalue weighted by Crippen LogP contribution is 2.12. The summed E-state index contributed by atoms with van der Waals surface area (Å²) in [5, 5.41) is 0. The number of hydrogen-bond donors (Lipinski definition) is 0. The van der Waals surface area contributed by atoms with Crippen molar-refractivity contribution < 1.29 is 4.74 Å². The molecule has 2 aromatic rings. The molecule has 0 aliphatic rings. The van der Waals surface area contributed by atoms with Crippen LogP contribution >= 0.6 is 38.5 Å². The summed E-state index contributed by atoms with van der Waals surface area (Å²) in [7, 11) is 1.63. The second-order valence-corrected chi connectivity index (χ2v) is 5.47. The molecular formula is C12H10BrIN2O2. The number of halogens is 2. The van der Waals surface area contributed by atoms with Gasteiger partial charge in [0.2, 0.25) is 0 Å². The maximum Gasteiger partial charge on any atom is 0.283 e. The molecule has 1 aromatic heterocycles. The van der Waals surface area contributed by atoms with Crippen LogP contribution in [-0.4, -0.2) is 16.7 Å². The molecule has 4 nitrogen and oxygen atoms in total. The average Bonchev–Trinajstić information content (AvgIpc) is 2.36. The summed E-state index contributed by atoms with van der Waals surface area (Å²) in [6.45, 7) is 0.514. The van der Waals surface area contributed by atoms with Crippen molar-refractivity contribution in [1.29, 1.82) is 0 Å². The fraction of sp³-hybridized carbons (Fsp3) is 0.167. The standard InChI is InChI=1S/C12H10BrIN2O2/c1-18-9-4-2-8(3-5-9)6-16-7-10(13)15-11(14)12(16)17/h2-5,7H,6H2,1H3. The lowest BCUT2D eigenvalue weighted by Crippen LogP contribution is -2.24. The van der Waals surface area contributed by atoms with Gasteiger partial charge in [0.1, 0.15) is 10.4 Å². The van der Waals surface area contributed by atoms with Crippen LogP contribution in [0.3, 0.4) is 0 Å². The minimum Gasteiger partial charge on any atom is -0.497 e. The van der Waals surface area contributed by atoms with Crippen LogP contribution in [0.2, 0.25) is 0 Å². The van der Waals surface area contributed by atoms with E-state index in [0.717, 1.165) is 11.3 Å². The van der Waals surface area contributed by atoms with E-state index in [2.05, 4.69) is 20.9 Å². The number of ether oxygens (including phenoxy) is 1. The Balaban J connectivity index is 2.31. The molecule has 0 radical (unpaired) electrons. The maximum absolute atomic E-state index is 11.9. The fourth-order valence-electron chi connectivity index (χ4n) is 1.52. The van der Waals surface area contributed by atoms with Crippen molar-refractivity contribution >= 4 is 38.5 Å². The molecule has 6 heteroatoms. The topological polar surface area (TPSA) is 44.1 Å². The number of methoxy groups -OCH3 is 1. The Morgan fingerprint density at radius 2 is 2.06 bits per heavy atom. The third-order valence-electron chi connectivity index (χ3n) is 2.42. The van der Waals surface area contributed by atoms with Gasteiger partial charge in [0.25, 0.3) is 5.56 Å². The fourth-order valence-corrected chi connectivity index (χ4v) is 2.85. The van der Waals surface area contributed by atoms with E-state index in [-0.39, 0.29) is 5.56 Å². The van der Waals surface area contributed by atoms with Crippen molar-refractivity contribution in [3.8, 4) is 5.75 Å². The molecule has 2 rings (SSSR count). The van der Waals surface area contributed by atoms with Crippen molar-refractivity contribution in [2.45, 2.75) is 6.54 Å². The SMILES string of the molecule is COc1ccc(Cn2cc(Br)nc(I)c2=O)cc1. The van der Waals surface area contributed by atoms with E-state index >= 15 is 0 Å². The normalized spacial score (nSPS) is 10.4. The van der Waals surface area contributed by atoms with Crippen LogP contribution in [0, 0.1) is 3.70 Å². The van der Waals surface area contributed by atoms with Gasteiger partial charge in [0.05, 0.1) is 13.7 Å². The second kappa shape index (κ2) is 5.83. The maximum atomic E-state index is 11.9. The molecule has 0 aliphatic carbocycles. The molecule has 94 valence electrons. The van der Waals surface area contributed by atoms with Crippen LogP contribution in [0.15, 0.2) is 39.9 Å². The Hall–Kier alpha value is -0.890. The minimum atomic E-state index is -0.0883. The third-order valence-corrected chi connectivity index (χ3v) is 3.50. The largest absolute Gasteiger partial charge is 0.497 e. The van der Waals surface area contributed by atoms with E-state index < -0.39 is 0 Å². The summed E-state index contributed by atoms with van der Waals surface area (Å²) >= 11 is 5.22. The molecule has 0 fully saturated rings. The van der Waals surface area contributed by atoms with Crippen LogP contribution in [0.4, 0.5) is 0 Å². The molecule has 18 heavy (non-hydrogen) atoms.